The number of phosphoric acid groups is 1. The third-order valence-electron chi connectivity index (χ3n) is 14.6. The van der Waals surface area contributed by atoms with E-state index in [0.29, 0.717) is 87.5 Å². The van der Waals surface area contributed by atoms with Crippen molar-refractivity contribution in [1.82, 2.24) is 40.9 Å². The molecule has 5 heterocycles. The third kappa shape index (κ3) is 39.4. The third-order valence-corrected chi connectivity index (χ3v) is 15.1. The number of alkyl halides is 1. The largest absolute Gasteiger partial charge is 0.469 e. The minimum Gasteiger partial charge on any atom is -0.395 e. The zero-order valence-electron chi connectivity index (χ0n) is 50.9. The van der Waals surface area contributed by atoms with Gasteiger partial charge >= 0.3 is 7.82 Å². The molecule has 0 aromatic heterocycles. The molecule has 6 aliphatic rings. The predicted octanol–water partition coefficient (Wildman–Crippen LogP) is 5.29. The molecule has 5 saturated heterocycles. The van der Waals surface area contributed by atoms with E-state index in [1.807, 2.05) is 13.8 Å². The molecule has 0 bridgehead atoms. The zero-order chi connectivity index (χ0) is 58.0. The predicted molar refractivity (Wildman–Crippen MR) is 319 cm³/mol. The summed E-state index contributed by atoms with van der Waals surface area (Å²) in [6.07, 6.45) is 4.86. The van der Waals surface area contributed by atoms with E-state index in [9.17, 15) is 8.96 Å². The molecule has 5 aliphatic heterocycles. The van der Waals surface area contributed by atoms with Gasteiger partial charge in [-0.05, 0) is 98.1 Å². The highest BCUT2D eigenvalue weighted by atomic mass is 31.2. The monoisotopic (exact) mass is 1110 g/mol. The van der Waals surface area contributed by atoms with Gasteiger partial charge in [0.25, 0.3) is 0 Å². The minimum absolute atomic E-state index is 0. The van der Waals surface area contributed by atoms with Crippen LogP contribution in [-0.4, -0.2) is 211 Å². The molecule has 0 spiro atoms. The number of rotatable bonds is 17. The van der Waals surface area contributed by atoms with Crippen molar-refractivity contribution in [3.05, 3.63) is 0 Å². The van der Waals surface area contributed by atoms with Gasteiger partial charge < -0.3 is 58.5 Å². The Morgan fingerprint density at radius 3 is 1.29 bits per heavy atom. The number of hydrogen-bond acceptors (Lipinski definition) is 16. The van der Waals surface area contributed by atoms with Crippen molar-refractivity contribution in [2.45, 2.75) is 217 Å². The van der Waals surface area contributed by atoms with Crippen LogP contribution in [0.25, 0.3) is 0 Å². The van der Waals surface area contributed by atoms with E-state index < -0.39 is 14.0 Å². The Balaban J connectivity index is -0.000000805. The van der Waals surface area contributed by atoms with Crippen LogP contribution in [0.3, 0.4) is 0 Å². The Labute approximate surface area is 466 Å². The molecule has 18 nitrogen and oxygen atoms in total. The number of aliphatic hydroxyl groups excluding tert-OH is 2. The van der Waals surface area contributed by atoms with Crippen molar-refractivity contribution in [3.8, 4) is 6.07 Å². The van der Waals surface area contributed by atoms with Gasteiger partial charge in [0, 0.05) is 133 Å². The zero-order valence-corrected chi connectivity index (χ0v) is 51.8. The van der Waals surface area contributed by atoms with Crippen LogP contribution in [0.1, 0.15) is 151 Å². The molecule has 6 fully saturated rings. The lowest BCUT2D eigenvalue weighted by Crippen LogP contribution is -2.54. The standard InChI is InChI=1S/C8H15N3.C8H18N2.C8H16.C7H15FN2.C7H18N2O.C6H14NO4P.C6H13N.C5H13NO.CH4/c1-6(2)11-4-7(3-9)8(10)5-11;1-6(2)10-4-7(3)8(9)5-10;1-7(2)8-5-3-4-6-8;1-5(2)10-3-6(8)7(9)4-10;1-7(2)9-4-3-8-5-6-10;1-5(2)7-3-6(4-7)11-12(8,9)10;1-5(2)6-3-7-4-6;1-5(2)6-3-4-7;/h6-8H,4-5,10H2,1-2H3;6-8H,4-5,9H2,1-3H3;7-8H,3-6H2,1-2H3;5-7H,3-4,9H2,1-2H3;7-10H,3-6H2,1-2H3;5-6H,3-4H2,1-2H3,(H2,8,9,10);2*5-7H,3-4H2,1-2H3;1H4/t7-,8-;7?,8-;;;;;;;/m11......./s1. The summed E-state index contributed by atoms with van der Waals surface area (Å²) in [6, 6.07) is 5.49. The van der Waals surface area contributed by atoms with Crippen LogP contribution >= 0.6 is 7.82 Å². The molecule has 3 unspecified atom stereocenters. The lowest BCUT2D eigenvalue weighted by atomic mass is 9.91. The molecule has 0 amide bonds. The lowest BCUT2D eigenvalue weighted by Gasteiger charge is -2.41. The molecule has 0 aromatic carbocycles. The molecule has 0 aromatic rings. The van der Waals surface area contributed by atoms with Gasteiger partial charge in [-0.1, -0.05) is 95.4 Å². The maximum atomic E-state index is 12.8. The fourth-order valence-corrected chi connectivity index (χ4v) is 9.20. The van der Waals surface area contributed by atoms with Crippen molar-refractivity contribution >= 4 is 7.82 Å². The second-order valence-electron chi connectivity index (χ2n) is 24.0. The topological polar surface area (TPSA) is 270 Å². The van der Waals surface area contributed by atoms with Crippen molar-refractivity contribution < 1.29 is 33.5 Å². The van der Waals surface area contributed by atoms with Gasteiger partial charge in [0.05, 0.1) is 31.3 Å². The fraction of sp³-hybridized carbons (Fsp3) is 0.982. The SMILES string of the molecule is C.CC(C)C1CCCC1.CC(C)C1CNC1.CC(C)N1CC(N)C(F)C1.CC(C)N1CC(OP(=O)(O)O)C1.CC(C)N1C[C@@H](N)[C@H](C#N)C1.CC(C)NCCNCCO.CC(C)NCCO.CC1CN(C(C)C)C[C@H]1N. The Bertz CT molecular complexity index is 1380. The number of likely N-dealkylation sites (tertiary alicyclic amines) is 4. The first-order chi connectivity index (χ1) is 34.9. The summed E-state index contributed by atoms with van der Waals surface area (Å²) in [6.45, 7) is 49.4. The highest BCUT2D eigenvalue weighted by molar-refractivity contribution is 7.46. The first-order valence-electron chi connectivity index (χ1n) is 29.0. The average Bonchev–Trinajstić information content (AvgIpc) is 4.10. The number of nitriles is 1. The van der Waals surface area contributed by atoms with E-state index in [1.54, 1.807) is 0 Å². The van der Waals surface area contributed by atoms with Gasteiger partial charge in [-0.25, -0.2) is 8.96 Å². The number of nitrogens with zero attached hydrogens (tertiary/aromatic N) is 5. The molecule has 1 saturated carbocycles. The van der Waals surface area contributed by atoms with Crippen LogP contribution in [0.5, 0.6) is 0 Å². The van der Waals surface area contributed by atoms with Gasteiger partial charge in [-0.2, -0.15) is 5.26 Å². The quantitative estimate of drug-likeness (QED) is 0.0653. The molecule has 76 heavy (non-hydrogen) atoms. The maximum Gasteiger partial charge on any atom is 0.469 e. The summed E-state index contributed by atoms with van der Waals surface area (Å²) in [5.74, 6) is 4.59. The summed E-state index contributed by atoms with van der Waals surface area (Å²) in [7, 11) is -4.27. The van der Waals surface area contributed by atoms with E-state index in [4.69, 9.17) is 42.5 Å². The van der Waals surface area contributed by atoms with Crippen molar-refractivity contribution in [2.75, 3.05) is 105 Å². The average molecular weight is 1110 g/mol. The summed E-state index contributed by atoms with van der Waals surface area (Å²) in [5, 5.41) is 37.9. The summed E-state index contributed by atoms with van der Waals surface area (Å²) in [5.41, 5.74) is 17.1. The Morgan fingerprint density at radius 2 is 1.04 bits per heavy atom. The highest BCUT2D eigenvalue weighted by Crippen LogP contribution is 2.39. The van der Waals surface area contributed by atoms with E-state index in [0.717, 1.165) is 56.4 Å². The molecule has 6 rings (SSSR count). The molecule has 0 radical (unpaired) electrons. The Morgan fingerprint density at radius 1 is 0.618 bits per heavy atom. The summed E-state index contributed by atoms with van der Waals surface area (Å²) < 4.78 is 27.6. The van der Waals surface area contributed by atoms with Crippen LogP contribution < -0.4 is 38.5 Å². The van der Waals surface area contributed by atoms with Crippen LogP contribution in [0, 0.1) is 46.8 Å². The Hall–Kier alpha value is -0.990. The number of halogens is 1. The van der Waals surface area contributed by atoms with Gasteiger partial charge in [0.15, 0.2) is 0 Å². The van der Waals surface area contributed by atoms with E-state index in [-0.39, 0.29) is 44.7 Å². The molecule has 1 aliphatic carbocycles. The van der Waals surface area contributed by atoms with Crippen molar-refractivity contribution in [3.63, 3.8) is 0 Å². The molecule has 14 N–H and O–H groups in total. The fourth-order valence-electron chi connectivity index (χ4n) is 8.68. The summed E-state index contributed by atoms with van der Waals surface area (Å²) >= 11 is 0. The summed E-state index contributed by atoms with van der Waals surface area (Å²) in [4.78, 5) is 25.7. The van der Waals surface area contributed by atoms with Gasteiger partial charge in [-0.3, -0.25) is 24.1 Å². The second-order valence-corrected chi connectivity index (χ2v) is 25.2. The normalized spacial score (nSPS) is 24.4. The molecule has 6 atom stereocenters. The maximum absolute atomic E-state index is 12.8. The Kier molecular flexibility index (Phi) is 46.5. The number of aliphatic hydroxyl groups is 2. The highest BCUT2D eigenvalue weighted by Gasteiger charge is 2.35. The first-order valence-corrected chi connectivity index (χ1v) is 30.5. The van der Waals surface area contributed by atoms with E-state index >= 15 is 0 Å². The lowest BCUT2D eigenvalue weighted by molar-refractivity contribution is -0.0154. The number of nitrogens with one attached hydrogen (secondary N) is 4. The molecule has 458 valence electrons. The van der Waals surface area contributed by atoms with E-state index in [1.165, 1.54) is 45.3 Å². The van der Waals surface area contributed by atoms with Gasteiger partial charge in [0.2, 0.25) is 0 Å². The van der Waals surface area contributed by atoms with Gasteiger partial charge in [-0.15, -0.1) is 0 Å². The number of phosphoric ester groups is 1. The van der Waals surface area contributed by atoms with Gasteiger partial charge in [0.1, 0.15) is 6.17 Å². The first kappa shape index (κ1) is 79.2. The number of hydrogen-bond donors (Lipinski definition) is 11. The van der Waals surface area contributed by atoms with Crippen molar-refractivity contribution in [2.24, 2.45) is 52.7 Å². The van der Waals surface area contributed by atoms with Crippen LogP contribution in [-0.2, 0) is 9.09 Å². The second kappa shape index (κ2) is 44.6. The molecular formula is C56H126FN12O6P. The van der Waals surface area contributed by atoms with E-state index in [2.05, 4.69) is 155 Å². The van der Waals surface area contributed by atoms with Crippen LogP contribution in [0.15, 0.2) is 0 Å². The smallest absolute Gasteiger partial charge is 0.395 e. The van der Waals surface area contributed by atoms with Crippen LogP contribution in [0.4, 0.5) is 4.39 Å². The minimum atomic E-state index is -4.27. The number of nitrogens with two attached hydrogens (primary N) is 3. The van der Waals surface area contributed by atoms with Crippen molar-refractivity contribution in [1.29, 1.82) is 5.26 Å². The van der Waals surface area contributed by atoms with Crippen LogP contribution in [0.2, 0.25) is 0 Å². The molecular weight excluding hydrogens is 987 g/mol. The molecule has 20 heteroatoms.